The van der Waals surface area contributed by atoms with Crippen LogP contribution in [0, 0.1) is 23.2 Å². The van der Waals surface area contributed by atoms with E-state index < -0.39 is 5.60 Å². The van der Waals surface area contributed by atoms with E-state index in [2.05, 4.69) is 24.3 Å². The van der Waals surface area contributed by atoms with Crippen molar-refractivity contribution in [1.82, 2.24) is 4.90 Å². The largest absolute Gasteiger partial charge is 0.457 e. The topological polar surface area (TPSA) is 62.6 Å². The Morgan fingerprint density at radius 2 is 1.87 bits per heavy atom. The molecule has 2 atom stereocenters. The Morgan fingerprint density at radius 1 is 1.10 bits per heavy atom. The molecule has 5 heteroatoms. The van der Waals surface area contributed by atoms with Gasteiger partial charge in [0.2, 0.25) is 0 Å². The monoisotopic (exact) mass is 402 g/mol. The molecule has 1 amide bonds. The Hall–Kier alpha value is -3.26. The van der Waals surface area contributed by atoms with E-state index in [4.69, 9.17) is 14.7 Å². The van der Waals surface area contributed by atoms with Gasteiger partial charge in [-0.05, 0) is 80.5 Å². The summed E-state index contributed by atoms with van der Waals surface area (Å²) in [6.07, 6.45) is 3.06. The quantitative estimate of drug-likeness (QED) is 0.668. The molecule has 0 radical (unpaired) electrons. The molecule has 0 spiro atoms. The molecule has 0 saturated carbocycles. The third kappa shape index (κ3) is 4.49. The van der Waals surface area contributed by atoms with E-state index in [1.54, 1.807) is 12.1 Å². The van der Waals surface area contributed by atoms with Crippen molar-refractivity contribution in [3.05, 3.63) is 65.7 Å². The minimum Gasteiger partial charge on any atom is -0.457 e. The van der Waals surface area contributed by atoms with Crippen molar-refractivity contribution in [2.24, 2.45) is 11.8 Å². The number of amides is 1. The number of fused-ring (bicyclic) bond motifs is 1. The molecule has 1 heterocycles. The molecule has 0 bridgehead atoms. The normalized spacial score (nSPS) is 20.3. The Bertz CT molecular complexity index is 1010. The zero-order valence-electron chi connectivity index (χ0n) is 17.6. The second-order valence-corrected chi connectivity index (χ2v) is 8.97. The highest BCUT2D eigenvalue weighted by atomic mass is 16.6. The standard InChI is InChI=1S/C25H26N2O3/c1-25(2,3)30-24(28)27-15-20-12-19(13-21(20)16-27)18-7-9-22(10-8-18)29-23-6-4-5-17(11-23)14-26/h4-12,20-21H,13,15-16H2,1-3H3. The number of ether oxygens (including phenoxy) is 2. The lowest BCUT2D eigenvalue weighted by Crippen LogP contribution is -2.35. The van der Waals surface area contributed by atoms with Crippen LogP contribution in [-0.2, 0) is 4.74 Å². The van der Waals surface area contributed by atoms with Gasteiger partial charge in [0.1, 0.15) is 17.1 Å². The van der Waals surface area contributed by atoms with Gasteiger partial charge in [0.25, 0.3) is 0 Å². The lowest BCUT2D eigenvalue weighted by molar-refractivity contribution is 0.0285. The van der Waals surface area contributed by atoms with Gasteiger partial charge in [-0.1, -0.05) is 24.3 Å². The maximum atomic E-state index is 12.3. The fraction of sp³-hybridized carbons (Fsp3) is 0.360. The molecule has 0 N–H and O–H groups in total. The minimum absolute atomic E-state index is 0.214. The highest BCUT2D eigenvalue weighted by molar-refractivity contribution is 5.72. The van der Waals surface area contributed by atoms with Gasteiger partial charge < -0.3 is 14.4 Å². The number of hydrogen-bond acceptors (Lipinski definition) is 4. The number of likely N-dealkylation sites (tertiary alicyclic amines) is 1. The number of benzene rings is 2. The highest BCUT2D eigenvalue weighted by Gasteiger charge is 2.39. The van der Waals surface area contributed by atoms with Gasteiger partial charge in [0.15, 0.2) is 0 Å². The van der Waals surface area contributed by atoms with Crippen molar-refractivity contribution < 1.29 is 14.3 Å². The second kappa shape index (κ2) is 7.87. The van der Waals surface area contributed by atoms with Crippen LogP contribution in [0.2, 0.25) is 0 Å². The first-order valence-corrected chi connectivity index (χ1v) is 10.3. The molecule has 1 saturated heterocycles. The first-order chi connectivity index (χ1) is 14.3. The predicted molar refractivity (Wildman–Crippen MR) is 115 cm³/mol. The number of nitrogens with zero attached hydrogens (tertiary/aromatic N) is 2. The molecular weight excluding hydrogens is 376 g/mol. The van der Waals surface area contributed by atoms with E-state index in [1.807, 2.05) is 49.9 Å². The number of hydrogen-bond donors (Lipinski definition) is 0. The van der Waals surface area contributed by atoms with Crippen molar-refractivity contribution in [3.63, 3.8) is 0 Å². The summed E-state index contributed by atoms with van der Waals surface area (Å²) in [5.74, 6) is 2.23. The van der Waals surface area contributed by atoms with Gasteiger partial charge in [-0.2, -0.15) is 5.26 Å². The van der Waals surface area contributed by atoms with Crippen LogP contribution in [0.3, 0.4) is 0 Å². The average molecular weight is 402 g/mol. The number of carbonyl (C=O) groups excluding carboxylic acids is 1. The zero-order chi connectivity index (χ0) is 21.3. The van der Waals surface area contributed by atoms with E-state index >= 15 is 0 Å². The second-order valence-electron chi connectivity index (χ2n) is 8.97. The molecule has 2 aromatic carbocycles. The van der Waals surface area contributed by atoms with Gasteiger partial charge in [0.05, 0.1) is 11.6 Å². The van der Waals surface area contributed by atoms with Crippen LogP contribution in [-0.4, -0.2) is 29.7 Å². The zero-order valence-corrected chi connectivity index (χ0v) is 17.6. The Labute approximate surface area is 177 Å². The molecule has 0 aromatic heterocycles. The Balaban J connectivity index is 1.39. The predicted octanol–water partition coefficient (Wildman–Crippen LogP) is 5.62. The summed E-state index contributed by atoms with van der Waals surface area (Å²) in [5.41, 5.74) is 2.63. The molecule has 2 aliphatic rings. The van der Waals surface area contributed by atoms with Gasteiger partial charge in [-0.25, -0.2) is 4.79 Å². The number of rotatable bonds is 3. The molecule has 2 unspecified atom stereocenters. The summed E-state index contributed by atoms with van der Waals surface area (Å²) in [7, 11) is 0. The van der Waals surface area contributed by atoms with Gasteiger partial charge >= 0.3 is 6.09 Å². The SMILES string of the molecule is CC(C)(C)OC(=O)N1CC2C=C(c3ccc(Oc4cccc(C#N)c4)cc3)CC2C1. The molecule has 1 aliphatic heterocycles. The summed E-state index contributed by atoms with van der Waals surface area (Å²) in [5, 5.41) is 9.01. The number of allylic oxidation sites excluding steroid dienone is 1. The molecule has 4 rings (SSSR count). The first-order valence-electron chi connectivity index (χ1n) is 10.3. The maximum absolute atomic E-state index is 12.3. The van der Waals surface area contributed by atoms with Crippen LogP contribution in [0.25, 0.3) is 5.57 Å². The van der Waals surface area contributed by atoms with Crippen LogP contribution in [0.1, 0.15) is 38.3 Å². The van der Waals surface area contributed by atoms with Crippen molar-refractivity contribution in [3.8, 4) is 17.6 Å². The van der Waals surface area contributed by atoms with Crippen LogP contribution in [0.5, 0.6) is 11.5 Å². The van der Waals surface area contributed by atoms with E-state index in [0.717, 1.165) is 25.3 Å². The third-order valence-electron chi connectivity index (χ3n) is 5.46. The first kappa shape index (κ1) is 20.0. The van der Waals surface area contributed by atoms with Crippen LogP contribution in [0.15, 0.2) is 54.6 Å². The van der Waals surface area contributed by atoms with Crippen LogP contribution >= 0.6 is 0 Å². The number of carbonyl (C=O) groups is 1. The molecule has 2 aromatic rings. The van der Waals surface area contributed by atoms with Crippen molar-refractivity contribution >= 4 is 11.7 Å². The van der Waals surface area contributed by atoms with Crippen LogP contribution < -0.4 is 4.74 Å². The summed E-state index contributed by atoms with van der Waals surface area (Å²) < 4.78 is 11.4. The molecule has 1 aliphatic carbocycles. The smallest absolute Gasteiger partial charge is 0.410 e. The van der Waals surface area contributed by atoms with Crippen molar-refractivity contribution in [2.75, 3.05) is 13.1 Å². The lowest BCUT2D eigenvalue weighted by atomic mass is 9.98. The fourth-order valence-electron chi connectivity index (χ4n) is 4.10. The van der Waals surface area contributed by atoms with E-state index in [9.17, 15) is 4.79 Å². The summed E-state index contributed by atoms with van der Waals surface area (Å²) in [6.45, 7) is 7.16. The van der Waals surface area contributed by atoms with Crippen molar-refractivity contribution in [1.29, 1.82) is 5.26 Å². The summed E-state index contributed by atoms with van der Waals surface area (Å²) in [4.78, 5) is 14.2. The molecule has 154 valence electrons. The molecule has 5 nitrogen and oxygen atoms in total. The Morgan fingerprint density at radius 3 is 2.53 bits per heavy atom. The molecule has 1 fully saturated rings. The Kier molecular flexibility index (Phi) is 5.26. The molecule has 30 heavy (non-hydrogen) atoms. The van der Waals surface area contributed by atoms with Gasteiger partial charge in [0, 0.05) is 13.1 Å². The highest BCUT2D eigenvalue weighted by Crippen LogP contribution is 2.41. The minimum atomic E-state index is -0.463. The maximum Gasteiger partial charge on any atom is 0.410 e. The summed E-state index contributed by atoms with van der Waals surface area (Å²) in [6, 6.07) is 17.3. The number of nitriles is 1. The van der Waals surface area contributed by atoms with E-state index in [0.29, 0.717) is 23.1 Å². The lowest BCUT2D eigenvalue weighted by Gasteiger charge is -2.24. The summed E-state index contributed by atoms with van der Waals surface area (Å²) >= 11 is 0. The van der Waals surface area contributed by atoms with E-state index in [-0.39, 0.29) is 6.09 Å². The fourth-order valence-corrected chi connectivity index (χ4v) is 4.10. The average Bonchev–Trinajstić information content (AvgIpc) is 3.27. The molecular formula is C25H26N2O3. The van der Waals surface area contributed by atoms with E-state index in [1.165, 1.54) is 11.1 Å². The van der Waals surface area contributed by atoms with Crippen molar-refractivity contribution in [2.45, 2.75) is 32.8 Å². The van der Waals surface area contributed by atoms with Gasteiger partial charge in [-0.15, -0.1) is 0 Å². The van der Waals surface area contributed by atoms with Crippen LogP contribution in [0.4, 0.5) is 4.79 Å². The third-order valence-corrected chi connectivity index (χ3v) is 5.46. The van der Waals surface area contributed by atoms with Gasteiger partial charge in [-0.3, -0.25) is 0 Å².